The maximum Gasteiger partial charge on any atom is 0.231 e. The number of guanidine groups is 1. The molecule has 1 fully saturated rings. The highest BCUT2D eigenvalue weighted by Crippen LogP contribution is 2.32. The lowest BCUT2D eigenvalue weighted by atomic mass is 10.1. The van der Waals surface area contributed by atoms with Crippen molar-refractivity contribution in [2.45, 2.75) is 32.6 Å². The van der Waals surface area contributed by atoms with Crippen LogP contribution in [0.15, 0.2) is 23.2 Å². The number of ether oxygens (including phenoxy) is 2. The van der Waals surface area contributed by atoms with Gasteiger partial charge in [-0.05, 0) is 43.9 Å². The summed E-state index contributed by atoms with van der Waals surface area (Å²) in [6.07, 6.45) is 3.47. The molecule has 3 rings (SSSR count). The van der Waals surface area contributed by atoms with Gasteiger partial charge in [0.05, 0.1) is 0 Å². The van der Waals surface area contributed by atoms with Crippen molar-refractivity contribution in [2.24, 2.45) is 4.99 Å². The Balaban J connectivity index is 0.00000261. The van der Waals surface area contributed by atoms with Crippen LogP contribution < -0.4 is 20.1 Å². The van der Waals surface area contributed by atoms with E-state index in [4.69, 9.17) is 9.47 Å². The van der Waals surface area contributed by atoms with Gasteiger partial charge in [-0.2, -0.15) is 0 Å². The molecule has 0 saturated carbocycles. The molecule has 0 spiro atoms. The van der Waals surface area contributed by atoms with Crippen molar-refractivity contribution >= 4 is 35.8 Å². The minimum atomic E-state index is 0. The zero-order valence-electron chi connectivity index (χ0n) is 15.8. The Labute approximate surface area is 177 Å². The van der Waals surface area contributed by atoms with Crippen LogP contribution in [0.4, 0.5) is 0 Å². The number of fused-ring (bicyclic) bond motifs is 1. The molecule has 27 heavy (non-hydrogen) atoms. The van der Waals surface area contributed by atoms with Crippen molar-refractivity contribution in [3.63, 3.8) is 0 Å². The number of hydrogen-bond acceptors (Lipinski definition) is 4. The average molecular weight is 488 g/mol. The predicted molar refractivity (Wildman–Crippen MR) is 116 cm³/mol. The van der Waals surface area contributed by atoms with E-state index in [9.17, 15) is 4.79 Å². The first-order valence-corrected chi connectivity index (χ1v) is 9.44. The number of likely N-dealkylation sites (tertiary alicyclic amines) is 1. The fraction of sp³-hybridized carbons (Fsp3) is 0.579. The summed E-state index contributed by atoms with van der Waals surface area (Å²) in [7, 11) is 0. The molecule has 0 atom stereocenters. The molecule has 7 nitrogen and oxygen atoms in total. The van der Waals surface area contributed by atoms with Crippen LogP contribution in [0.1, 0.15) is 31.7 Å². The molecular weight excluding hydrogens is 459 g/mol. The first kappa shape index (κ1) is 21.6. The zero-order chi connectivity index (χ0) is 18.2. The Bertz CT molecular complexity index is 654. The molecule has 0 radical (unpaired) electrons. The molecule has 1 amide bonds. The third-order valence-electron chi connectivity index (χ3n) is 4.51. The SMILES string of the molecule is CCNC(=NCCCN1CCCC1=O)NCCc1ccc2c(c1)OCO2.I. The smallest absolute Gasteiger partial charge is 0.231 e. The van der Waals surface area contributed by atoms with Gasteiger partial charge in [0.15, 0.2) is 17.5 Å². The summed E-state index contributed by atoms with van der Waals surface area (Å²) >= 11 is 0. The van der Waals surface area contributed by atoms with Gasteiger partial charge in [-0.3, -0.25) is 9.79 Å². The van der Waals surface area contributed by atoms with Crippen molar-refractivity contribution in [1.82, 2.24) is 15.5 Å². The van der Waals surface area contributed by atoms with Gasteiger partial charge in [-0.15, -0.1) is 24.0 Å². The van der Waals surface area contributed by atoms with Crippen molar-refractivity contribution in [1.29, 1.82) is 0 Å². The van der Waals surface area contributed by atoms with Crippen LogP contribution in [0.25, 0.3) is 0 Å². The fourth-order valence-corrected chi connectivity index (χ4v) is 3.16. The maximum absolute atomic E-state index is 11.6. The molecule has 150 valence electrons. The Morgan fingerprint density at radius 3 is 2.89 bits per heavy atom. The van der Waals surface area contributed by atoms with E-state index < -0.39 is 0 Å². The van der Waals surface area contributed by atoms with Crippen LogP contribution in [0.3, 0.4) is 0 Å². The Hall–Kier alpha value is -1.71. The summed E-state index contributed by atoms with van der Waals surface area (Å²) in [5.41, 5.74) is 1.20. The van der Waals surface area contributed by atoms with Gasteiger partial charge >= 0.3 is 0 Å². The first-order chi connectivity index (χ1) is 12.8. The lowest BCUT2D eigenvalue weighted by Crippen LogP contribution is -2.38. The topological polar surface area (TPSA) is 75.2 Å². The van der Waals surface area contributed by atoms with E-state index in [1.165, 1.54) is 5.56 Å². The number of amides is 1. The van der Waals surface area contributed by atoms with Crippen LogP contribution in [-0.4, -0.2) is 56.3 Å². The normalized spacial score (nSPS) is 15.7. The van der Waals surface area contributed by atoms with Crippen LogP contribution in [0, 0.1) is 0 Å². The third kappa shape index (κ3) is 6.44. The molecule has 0 aromatic heterocycles. The van der Waals surface area contributed by atoms with E-state index in [2.05, 4.69) is 28.6 Å². The molecular formula is C19H29IN4O3. The summed E-state index contributed by atoms with van der Waals surface area (Å²) < 4.78 is 10.7. The van der Waals surface area contributed by atoms with Crippen molar-refractivity contribution in [3.8, 4) is 11.5 Å². The Morgan fingerprint density at radius 1 is 1.26 bits per heavy atom. The zero-order valence-corrected chi connectivity index (χ0v) is 18.2. The lowest BCUT2D eigenvalue weighted by Gasteiger charge is -2.15. The fourth-order valence-electron chi connectivity index (χ4n) is 3.16. The number of nitrogens with one attached hydrogen (secondary N) is 2. The quantitative estimate of drug-likeness (QED) is 0.254. The number of halogens is 1. The van der Waals surface area contributed by atoms with Gasteiger partial charge in [0, 0.05) is 39.1 Å². The summed E-state index contributed by atoms with van der Waals surface area (Å²) in [6.45, 7) is 6.38. The second-order valence-corrected chi connectivity index (χ2v) is 6.46. The Kier molecular flexibility index (Phi) is 8.96. The summed E-state index contributed by atoms with van der Waals surface area (Å²) in [5.74, 6) is 2.73. The largest absolute Gasteiger partial charge is 0.454 e. The summed E-state index contributed by atoms with van der Waals surface area (Å²) in [6, 6.07) is 6.05. The van der Waals surface area contributed by atoms with Gasteiger partial charge < -0.3 is 25.0 Å². The van der Waals surface area contributed by atoms with Gasteiger partial charge in [0.1, 0.15) is 0 Å². The number of rotatable bonds is 8. The van der Waals surface area contributed by atoms with Crippen molar-refractivity contribution in [3.05, 3.63) is 23.8 Å². The van der Waals surface area contributed by atoms with E-state index in [1.54, 1.807) is 0 Å². The number of hydrogen-bond donors (Lipinski definition) is 2. The number of nitrogens with zero attached hydrogens (tertiary/aromatic N) is 2. The number of aliphatic imine (C=N–C) groups is 1. The highest BCUT2D eigenvalue weighted by Gasteiger charge is 2.18. The second kappa shape index (κ2) is 11.2. The van der Waals surface area contributed by atoms with Gasteiger partial charge in [-0.1, -0.05) is 6.07 Å². The van der Waals surface area contributed by atoms with Crippen LogP contribution in [0.2, 0.25) is 0 Å². The molecule has 2 N–H and O–H groups in total. The lowest BCUT2D eigenvalue weighted by molar-refractivity contribution is -0.127. The third-order valence-corrected chi connectivity index (χ3v) is 4.51. The average Bonchev–Trinajstić information content (AvgIpc) is 3.27. The molecule has 2 heterocycles. The molecule has 1 aromatic rings. The van der Waals surface area contributed by atoms with E-state index in [0.717, 1.165) is 62.9 Å². The van der Waals surface area contributed by atoms with E-state index in [1.807, 2.05) is 17.0 Å². The molecule has 2 aliphatic rings. The number of carbonyl (C=O) groups excluding carboxylic acids is 1. The number of benzene rings is 1. The highest BCUT2D eigenvalue weighted by molar-refractivity contribution is 14.0. The van der Waals surface area contributed by atoms with Crippen LogP contribution in [0.5, 0.6) is 11.5 Å². The summed E-state index contributed by atoms with van der Waals surface area (Å²) in [5, 5.41) is 6.62. The first-order valence-electron chi connectivity index (χ1n) is 9.44. The van der Waals surface area contributed by atoms with Crippen molar-refractivity contribution < 1.29 is 14.3 Å². The molecule has 0 bridgehead atoms. The van der Waals surface area contributed by atoms with Gasteiger partial charge in [-0.25, -0.2) is 0 Å². The molecule has 1 aromatic carbocycles. The van der Waals surface area contributed by atoms with Gasteiger partial charge in [0.2, 0.25) is 12.7 Å². The maximum atomic E-state index is 11.6. The van der Waals surface area contributed by atoms with Crippen LogP contribution in [-0.2, 0) is 11.2 Å². The molecule has 2 aliphatic heterocycles. The second-order valence-electron chi connectivity index (χ2n) is 6.46. The van der Waals surface area contributed by atoms with Crippen LogP contribution >= 0.6 is 24.0 Å². The van der Waals surface area contributed by atoms with E-state index in [-0.39, 0.29) is 29.9 Å². The highest BCUT2D eigenvalue weighted by atomic mass is 127. The minimum Gasteiger partial charge on any atom is -0.454 e. The number of carbonyl (C=O) groups is 1. The molecule has 1 saturated heterocycles. The standard InChI is InChI=1S/C19H28N4O3.HI/c1-2-20-19(21-9-4-12-23-11-3-5-18(23)24)22-10-8-15-6-7-16-17(13-15)26-14-25-16;/h6-7,13H,2-5,8-12,14H2,1H3,(H2,20,21,22);1H. The minimum absolute atomic E-state index is 0. The van der Waals surface area contributed by atoms with Crippen molar-refractivity contribution in [2.75, 3.05) is 39.5 Å². The van der Waals surface area contributed by atoms with E-state index >= 15 is 0 Å². The molecule has 0 unspecified atom stereocenters. The van der Waals surface area contributed by atoms with Gasteiger partial charge in [0.25, 0.3) is 0 Å². The predicted octanol–water partition coefficient (Wildman–Crippen LogP) is 2.14. The molecule has 0 aliphatic carbocycles. The monoisotopic (exact) mass is 488 g/mol. The Morgan fingerprint density at radius 2 is 2.11 bits per heavy atom. The molecule has 8 heteroatoms. The summed E-state index contributed by atoms with van der Waals surface area (Å²) in [4.78, 5) is 18.1. The van der Waals surface area contributed by atoms with E-state index in [0.29, 0.717) is 19.8 Å².